The van der Waals surface area contributed by atoms with Crippen molar-refractivity contribution in [2.75, 3.05) is 26.2 Å². The third-order valence-electron chi connectivity index (χ3n) is 4.53. The number of aryl methyl sites for hydroxylation is 1. The molecule has 3 heterocycles. The lowest BCUT2D eigenvalue weighted by Crippen LogP contribution is -2.45. The number of halogens is 1. The first-order valence-electron chi connectivity index (χ1n) is 8.72. The molecular weight excluding hydrogens is 351 g/mol. The smallest absolute Gasteiger partial charge is 0.226 e. The molecule has 1 aliphatic rings. The number of piperazine rings is 1. The fourth-order valence-corrected chi connectivity index (χ4v) is 3.78. The zero-order valence-electron chi connectivity index (χ0n) is 14.7. The van der Waals surface area contributed by atoms with Crippen LogP contribution < -0.4 is 0 Å². The molecule has 1 fully saturated rings. The molecule has 0 saturated carbocycles. The molecule has 1 saturated heterocycles. The van der Waals surface area contributed by atoms with Crippen molar-refractivity contribution in [2.45, 2.75) is 20.0 Å². The van der Waals surface area contributed by atoms with E-state index in [0.29, 0.717) is 11.5 Å². The van der Waals surface area contributed by atoms with Crippen LogP contribution >= 0.6 is 11.3 Å². The molecule has 5 nitrogen and oxygen atoms in total. The van der Waals surface area contributed by atoms with Gasteiger partial charge in [0, 0.05) is 50.2 Å². The molecule has 136 valence electrons. The molecule has 0 amide bonds. The number of hydrogen-bond donors (Lipinski definition) is 0. The number of hydrogen-bond acceptors (Lipinski definition) is 6. The maximum absolute atomic E-state index is 13.3. The highest BCUT2D eigenvalue weighted by Crippen LogP contribution is 2.20. The SMILES string of the molecule is Cc1nc(CN2CCN(Cc3coc(-c4cccc(F)c4)n3)CC2)cs1. The fourth-order valence-electron chi connectivity index (χ4n) is 3.18. The second-order valence-electron chi connectivity index (χ2n) is 6.56. The molecule has 7 heteroatoms. The Bertz CT molecular complexity index is 870. The number of nitrogens with zero attached hydrogens (tertiary/aromatic N) is 4. The van der Waals surface area contributed by atoms with Crippen molar-refractivity contribution in [1.82, 2.24) is 19.8 Å². The van der Waals surface area contributed by atoms with Crippen LogP contribution in [0.3, 0.4) is 0 Å². The molecule has 0 unspecified atom stereocenters. The molecule has 0 N–H and O–H groups in total. The fraction of sp³-hybridized carbons (Fsp3) is 0.368. The molecular formula is C19H21FN4OS. The summed E-state index contributed by atoms with van der Waals surface area (Å²) >= 11 is 1.71. The van der Waals surface area contributed by atoms with E-state index in [1.165, 1.54) is 12.1 Å². The van der Waals surface area contributed by atoms with Gasteiger partial charge in [0.1, 0.15) is 12.1 Å². The highest BCUT2D eigenvalue weighted by molar-refractivity contribution is 7.09. The molecule has 26 heavy (non-hydrogen) atoms. The van der Waals surface area contributed by atoms with Crippen LogP contribution in [0.25, 0.3) is 11.5 Å². The summed E-state index contributed by atoms with van der Waals surface area (Å²) in [5, 5.41) is 3.27. The average molecular weight is 372 g/mol. The van der Waals surface area contributed by atoms with Gasteiger partial charge < -0.3 is 4.42 Å². The predicted molar refractivity (Wildman–Crippen MR) is 99.3 cm³/mol. The van der Waals surface area contributed by atoms with Gasteiger partial charge in [0.15, 0.2) is 0 Å². The normalized spacial score (nSPS) is 16.2. The molecule has 2 aromatic heterocycles. The number of rotatable bonds is 5. The van der Waals surface area contributed by atoms with Gasteiger partial charge in [-0.15, -0.1) is 11.3 Å². The first kappa shape index (κ1) is 17.3. The molecule has 1 aromatic carbocycles. The molecule has 0 atom stereocenters. The highest BCUT2D eigenvalue weighted by atomic mass is 32.1. The molecule has 0 spiro atoms. The summed E-state index contributed by atoms with van der Waals surface area (Å²) in [6.07, 6.45) is 1.67. The Kier molecular flexibility index (Phi) is 5.10. The Balaban J connectivity index is 1.30. The van der Waals surface area contributed by atoms with E-state index in [4.69, 9.17) is 4.42 Å². The van der Waals surface area contributed by atoms with Crippen LogP contribution in [0.15, 0.2) is 40.3 Å². The van der Waals surface area contributed by atoms with Gasteiger partial charge in [0.2, 0.25) is 5.89 Å². The Morgan fingerprint density at radius 3 is 2.46 bits per heavy atom. The minimum absolute atomic E-state index is 0.284. The Morgan fingerprint density at radius 2 is 1.81 bits per heavy atom. The van der Waals surface area contributed by atoms with Gasteiger partial charge in [-0.25, -0.2) is 14.4 Å². The summed E-state index contributed by atoms with van der Waals surface area (Å²) in [6, 6.07) is 6.32. The maximum atomic E-state index is 13.3. The molecule has 3 aromatic rings. The van der Waals surface area contributed by atoms with E-state index in [0.717, 1.165) is 55.7 Å². The van der Waals surface area contributed by atoms with Crippen molar-refractivity contribution in [3.05, 3.63) is 58.1 Å². The molecule has 1 aliphatic heterocycles. The first-order valence-corrected chi connectivity index (χ1v) is 9.60. The van der Waals surface area contributed by atoms with Crippen LogP contribution in [0.2, 0.25) is 0 Å². The van der Waals surface area contributed by atoms with E-state index in [1.54, 1.807) is 29.7 Å². The lowest BCUT2D eigenvalue weighted by molar-refractivity contribution is 0.120. The second-order valence-corrected chi connectivity index (χ2v) is 7.63. The zero-order valence-corrected chi connectivity index (χ0v) is 15.5. The topological polar surface area (TPSA) is 45.4 Å². The summed E-state index contributed by atoms with van der Waals surface area (Å²) < 4.78 is 18.9. The van der Waals surface area contributed by atoms with Gasteiger partial charge in [0.25, 0.3) is 0 Å². The van der Waals surface area contributed by atoms with Crippen LogP contribution in [-0.4, -0.2) is 45.9 Å². The van der Waals surface area contributed by atoms with Crippen LogP contribution in [0.4, 0.5) is 4.39 Å². The number of aromatic nitrogens is 2. The number of benzene rings is 1. The molecule has 4 rings (SSSR count). The maximum Gasteiger partial charge on any atom is 0.226 e. The van der Waals surface area contributed by atoms with Gasteiger partial charge in [-0.1, -0.05) is 6.07 Å². The van der Waals surface area contributed by atoms with Crippen molar-refractivity contribution < 1.29 is 8.81 Å². The minimum Gasteiger partial charge on any atom is -0.444 e. The van der Waals surface area contributed by atoms with Crippen molar-refractivity contribution in [3.8, 4) is 11.5 Å². The standard InChI is InChI=1S/C19H21FN4OS/c1-14-21-18(13-26-14)11-24-7-5-23(6-8-24)10-17-12-25-19(22-17)15-3-2-4-16(20)9-15/h2-4,9,12-13H,5-8,10-11H2,1H3. The van der Waals surface area contributed by atoms with Gasteiger partial charge >= 0.3 is 0 Å². The lowest BCUT2D eigenvalue weighted by atomic mass is 10.2. The number of thiazole rings is 1. The Morgan fingerprint density at radius 1 is 1.08 bits per heavy atom. The monoisotopic (exact) mass is 372 g/mol. The summed E-state index contributed by atoms with van der Waals surface area (Å²) in [5.74, 6) is 0.186. The van der Waals surface area contributed by atoms with E-state index in [1.807, 2.05) is 6.92 Å². The zero-order chi connectivity index (χ0) is 17.9. The predicted octanol–water partition coefficient (Wildman–Crippen LogP) is 3.56. The van der Waals surface area contributed by atoms with Crippen LogP contribution in [0, 0.1) is 12.7 Å². The third kappa shape index (κ3) is 4.17. The van der Waals surface area contributed by atoms with E-state index in [2.05, 4.69) is 25.1 Å². The summed E-state index contributed by atoms with van der Waals surface area (Å²) in [5.41, 5.74) is 2.71. The minimum atomic E-state index is -0.284. The van der Waals surface area contributed by atoms with Crippen molar-refractivity contribution in [1.29, 1.82) is 0 Å². The van der Waals surface area contributed by atoms with E-state index in [-0.39, 0.29) is 5.82 Å². The quantitative estimate of drug-likeness (QED) is 0.685. The van der Waals surface area contributed by atoms with Crippen molar-refractivity contribution in [2.24, 2.45) is 0 Å². The van der Waals surface area contributed by atoms with E-state index in [9.17, 15) is 4.39 Å². The largest absolute Gasteiger partial charge is 0.444 e. The third-order valence-corrected chi connectivity index (χ3v) is 5.35. The molecule has 0 radical (unpaired) electrons. The van der Waals surface area contributed by atoms with Gasteiger partial charge in [0.05, 0.1) is 16.4 Å². The lowest BCUT2D eigenvalue weighted by Gasteiger charge is -2.33. The van der Waals surface area contributed by atoms with Crippen molar-refractivity contribution in [3.63, 3.8) is 0 Å². The average Bonchev–Trinajstić information content (AvgIpc) is 3.26. The van der Waals surface area contributed by atoms with Crippen LogP contribution in [0.1, 0.15) is 16.4 Å². The summed E-state index contributed by atoms with van der Waals surface area (Å²) in [7, 11) is 0. The van der Waals surface area contributed by atoms with E-state index >= 15 is 0 Å². The Hall–Kier alpha value is -2.09. The first-order chi connectivity index (χ1) is 12.7. The number of oxazole rings is 1. The highest BCUT2D eigenvalue weighted by Gasteiger charge is 2.19. The summed E-state index contributed by atoms with van der Waals surface area (Å²) in [6.45, 7) is 7.74. The molecule has 0 aliphatic carbocycles. The van der Waals surface area contributed by atoms with Crippen LogP contribution in [-0.2, 0) is 13.1 Å². The van der Waals surface area contributed by atoms with Crippen LogP contribution in [0.5, 0.6) is 0 Å². The second kappa shape index (κ2) is 7.65. The Labute approximate surface area is 156 Å². The summed E-state index contributed by atoms with van der Waals surface area (Å²) in [4.78, 5) is 13.9. The molecule has 0 bridgehead atoms. The van der Waals surface area contributed by atoms with E-state index < -0.39 is 0 Å². The van der Waals surface area contributed by atoms with Gasteiger partial charge in [-0.05, 0) is 25.1 Å². The van der Waals surface area contributed by atoms with Gasteiger partial charge in [-0.2, -0.15) is 0 Å². The van der Waals surface area contributed by atoms with Gasteiger partial charge in [-0.3, -0.25) is 9.80 Å². The van der Waals surface area contributed by atoms with Crippen molar-refractivity contribution >= 4 is 11.3 Å².